The van der Waals surface area contributed by atoms with Gasteiger partial charge < -0.3 is 5.11 Å². The number of hydrogen-bond acceptors (Lipinski definition) is 2. The quantitative estimate of drug-likeness (QED) is 0.849. The standard InChI is InChI=1S/C14H14F3NO2/c1-2-6-10-11(19)13(20)18(12(10)14(15,16)17)9-7-4-3-5-8-9/h3-8,11-12,19H,2H2,1H3/b10-6+/t11-,12-/m0/s1. The highest BCUT2D eigenvalue weighted by Crippen LogP contribution is 2.40. The molecule has 108 valence electrons. The molecule has 0 spiro atoms. The fraction of sp³-hybridized carbons (Fsp3) is 0.357. The van der Waals surface area contributed by atoms with E-state index in [2.05, 4.69) is 0 Å². The molecular weight excluding hydrogens is 271 g/mol. The van der Waals surface area contributed by atoms with Gasteiger partial charge in [0.1, 0.15) is 0 Å². The van der Waals surface area contributed by atoms with Gasteiger partial charge in [0.15, 0.2) is 12.1 Å². The fourth-order valence-corrected chi connectivity index (χ4v) is 2.36. The van der Waals surface area contributed by atoms with Crippen LogP contribution < -0.4 is 4.90 Å². The zero-order valence-corrected chi connectivity index (χ0v) is 10.8. The molecule has 0 radical (unpaired) electrons. The average molecular weight is 285 g/mol. The number of halogens is 3. The molecule has 1 saturated heterocycles. The van der Waals surface area contributed by atoms with E-state index >= 15 is 0 Å². The van der Waals surface area contributed by atoms with Crippen molar-refractivity contribution < 1.29 is 23.1 Å². The fourth-order valence-electron chi connectivity index (χ4n) is 2.36. The summed E-state index contributed by atoms with van der Waals surface area (Å²) in [5, 5.41) is 9.79. The van der Waals surface area contributed by atoms with Crippen LogP contribution in [0.15, 0.2) is 42.0 Å². The molecule has 0 saturated carbocycles. The largest absolute Gasteiger partial charge is 0.413 e. The van der Waals surface area contributed by atoms with Gasteiger partial charge in [-0.25, -0.2) is 0 Å². The van der Waals surface area contributed by atoms with E-state index in [0.29, 0.717) is 11.3 Å². The van der Waals surface area contributed by atoms with Crippen LogP contribution in [-0.2, 0) is 4.79 Å². The minimum absolute atomic E-state index is 0.123. The van der Waals surface area contributed by atoms with E-state index in [-0.39, 0.29) is 11.3 Å². The van der Waals surface area contributed by atoms with E-state index in [9.17, 15) is 23.1 Å². The van der Waals surface area contributed by atoms with E-state index in [0.717, 1.165) is 0 Å². The van der Waals surface area contributed by atoms with Crippen molar-refractivity contribution >= 4 is 11.6 Å². The van der Waals surface area contributed by atoms with Gasteiger partial charge in [0.2, 0.25) is 0 Å². The first-order valence-electron chi connectivity index (χ1n) is 6.20. The van der Waals surface area contributed by atoms with Crippen molar-refractivity contribution in [3.05, 3.63) is 42.0 Å². The Hall–Kier alpha value is -1.82. The van der Waals surface area contributed by atoms with Gasteiger partial charge in [-0.05, 0) is 24.1 Å². The average Bonchev–Trinajstić information content (AvgIpc) is 2.65. The predicted molar refractivity (Wildman–Crippen MR) is 68.2 cm³/mol. The van der Waals surface area contributed by atoms with Crippen LogP contribution in [0.1, 0.15) is 13.3 Å². The Kier molecular flexibility index (Phi) is 3.85. The topological polar surface area (TPSA) is 40.5 Å². The number of carbonyl (C=O) groups excluding carboxylic acids is 1. The molecule has 2 rings (SSSR count). The van der Waals surface area contributed by atoms with Crippen molar-refractivity contribution in [2.75, 3.05) is 4.90 Å². The first-order chi connectivity index (χ1) is 9.38. The van der Waals surface area contributed by atoms with Gasteiger partial charge in [0.25, 0.3) is 5.91 Å². The van der Waals surface area contributed by atoms with Crippen molar-refractivity contribution in [2.24, 2.45) is 0 Å². The van der Waals surface area contributed by atoms with Crippen LogP contribution in [0.4, 0.5) is 18.9 Å². The summed E-state index contributed by atoms with van der Waals surface area (Å²) in [4.78, 5) is 12.6. The molecule has 6 heteroatoms. The summed E-state index contributed by atoms with van der Waals surface area (Å²) in [6.45, 7) is 1.66. The zero-order valence-electron chi connectivity index (χ0n) is 10.8. The third-order valence-electron chi connectivity index (χ3n) is 3.15. The number of carbonyl (C=O) groups is 1. The Morgan fingerprint density at radius 1 is 1.30 bits per heavy atom. The lowest BCUT2D eigenvalue weighted by atomic mass is 10.0. The molecule has 1 N–H and O–H groups in total. The molecule has 1 heterocycles. The normalized spacial score (nSPS) is 25.6. The molecule has 1 aromatic carbocycles. The van der Waals surface area contributed by atoms with Crippen LogP contribution in [0.2, 0.25) is 0 Å². The molecule has 1 aliphatic rings. The molecular formula is C14H14F3NO2. The summed E-state index contributed by atoms with van der Waals surface area (Å²) >= 11 is 0. The highest BCUT2D eigenvalue weighted by Gasteiger charge is 2.56. The van der Waals surface area contributed by atoms with Crippen LogP contribution in [-0.4, -0.2) is 29.3 Å². The lowest BCUT2D eigenvalue weighted by Crippen LogP contribution is -2.44. The molecule has 3 nitrogen and oxygen atoms in total. The second-order valence-corrected chi connectivity index (χ2v) is 4.50. The summed E-state index contributed by atoms with van der Waals surface area (Å²) < 4.78 is 39.8. The van der Waals surface area contributed by atoms with Gasteiger partial charge in [-0.3, -0.25) is 9.69 Å². The molecule has 0 aromatic heterocycles. The van der Waals surface area contributed by atoms with Crippen LogP contribution in [0.5, 0.6) is 0 Å². The van der Waals surface area contributed by atoms with E-state index in [1.54, 1.807) is 25.1 Å². The summed E-state index contributed by atoms with van der Waals surface area (Å²) in [6.07, 6.45) is -4.79. The van der Waals surface area contributed by atoms with Gasteiger partial charge >= 0.3 is 6.18 Å². The summed E-state index contributed by atoms with van der Waals surface area (Å²) in [5.74, 6) is -0.946. The maximum absolute atomic E-state index is 13.3. The molecule has 0 bridgehead atoms. The third kappa shape index (κ3) is 2.43. The lowest BCUT2D eigenvalue weighted by Gasteiger charge is -2.27. The number of allylic oxidation sites excluding steroid dienone is 1. The number of rotatable bonds is 2. The Balaban J connectivity index is 2.54. The van der Waals surface area contributed by atoms with Crippen molar-refractivity contribution in [3.8, 4) is 0 Å². The molecule has 0 unspecified atom stereocenters. The Morgan fingerprint density at radius 2 is 1.90 bits per heavy atom. The molecule has 0 aliphatic carbocycles. The predicted octanol–water partition coefficient (Wildman–Crippen LogP) is 2.66. The smallest absolute Gasteiger partial charge is 0.379 e. The summed E-state index contributed by atoms with van der Waals surface area (Å²) in [5.41, 5.74) is -0.174. The molecule has 1 amide bonds. The highest BCUT2D eigenvalue weighted by atomic mass is 19.4. The third-order valence-corrected chi connectivity index (χ3v) is 3.15. The number of amides is 1. The highest BCUT2D eigenvalue weighted by molar-refractivity contribution is 6.03. The Labute approximate surface area is 114 Å². The second kappa shape index (κ2) is 5.28. The number of aliphatic hydroxyl groups is 1. The van der Waals surface area contributed by atoms with Gasteiger partial charge in [-0.15, -0.1) is 0 Å². The molecule has 2 atom stereocenters. The van der Waals surface area contributed by atoms with E-state index in [1.165, 1.54) is 18.2 Å². The number of para-hydroxylation sites is 1. The number of alkyl halides is 3. The maximum atomic E-state index is 13.3. The van der Waals surface area contributed by atoms with Crippen LogP contribution in [0.25, 0.3) is 0 Å². The van der Waals surface area contributed by atoms with Gasteiger partial charge in [0.05, 0.1) is 0 Å². The minimum atomic E-state index is -4.63. The van der Waals surface area contributed by atoms with Gasteiger partial charge in [-0.2, -0.15) is 13.2 Å². The van der Waals surface area contributed by atoms with E-state index in [1.807, 2.05) is 0 Å². The van der Waals surface area contributed by atoms with Gasteiger partial charge in [-0.1, -0.05) is 31.2 Å². The van der Waals surface area contributed by atoms with Crippen LogP contribution in [0.3, 0.4) is 0 Å². The Morgan fingerprint density at radius 3 is 2.40 bits per heavy atom. The maximum Gasteiger partial charge on any atom is 0.413 e. The molecule has 1 aromatic rings. The number of nitrogens with zero attached hydrogens (tertiary/aromatic N) is 1. The number of anilines is 1. The SMILES string of the molecule is CC/C=C1\[C@H](O)C(=O)N(c2ccccc2)[C@@H]1C(F)(F)F. The van der Waals surface area contributed by atoms with Crippen LogP contribution in [0, 0.1) is 0 Å². The second-order valence-electron chi connectivity index (χ2n) is 4.50. The molecule has 20 heavy (non-hydrogen) atoms. The monoisotopic (exact) mass is 285 g/mol. The lowest BCUT2D eigenvalue weighted by molar-refractivity contribution is -0.141. The Bertz CT molecular complexity index is 525. The van der Waals surface area contributed by atoms with Crippen molar-refractivity contribution in [3.63, 3.8) is 0 Å². The summed E-state index contributed by atoms with van der Waals surface area (Å²) in [6, 6.07) is 5.46. The van der Waals surface area contributed by atoms with Gasteiger partial charge in [0, 0.05) is 5.69 Å². The molecule has 1 aliphatic heterocycles. The minimum Gasteiger partial charge on any atom is -0.379 e. The zero-order chi connectivity index (χ0) is 14.9. The van der Waals surface area contributed by atoms with E-state index in [4.69, 9.17) is 0 Å². The first kappa shape index (κ1) is 14.6. The number of benzene rings is 1. The number of aliphatic hydroxyl groups excluding tert-OH is 1. The molecule has 1 fully saturated rings. The van der Waals surface area contributed by atoms with Crippen molar-refractivity contribution in [1.29, 1.82) is 0 Å². The van der Waals surface area contributed by atoms with Crippen LogP contribution >= 0.6 is 0 Å². The summed E-state index contributed by atoms with van der Waals surface area (Å²) in [7, 11) is 0. The first-order valence-corrected chi connectivity index (χ1v) is 6.20. The van der Waals surface area contributed by atoms with Crippen molar-refractivity contribution in [1.82, 2.24) is 0 Å². The number of hydrogen-bond donors (Lipinski definition) is 1. The van der Waals surface area contributed by atoms with E-state index < -0.39 is 24.2 Å². The van der Waals surface area contributed by atoms with Crippen molar-refractivity contribution in [2.45, 2.75) is 31.7 Å².